The van der Waals surface area contributed by atoms with Crippen molar-refractivity contribution in [1.82, 2.24) is 9.99 Å². The summed E-state index contributed by atoms with van der Waals surface area (Å²) in [4.78, 5) is 0. The molecule has 4 heteroatoms. The second-order valence-corrected chi connectivity index (χ2v) is 4.58. The lowest BCUT2D eigenvalue weighted by Crippen LogP contribution is -2.15. The molecule has 0 aliphatic heterocycles. The number of nitrogens with two attached hydrogens (primary N) is 1. The number of nitrogens with one attached hydrogen (secondary N) is 1. The van der Waals surface area contributed by atoms with Crippen molar-refractivity contribution in [2.75, 3.05) is 19.5 Å². The van der Waals surface area contributed by atoms with Gasteiger partial charge in [-0.05, 0) is 36.6 Å². The first-order valence-corrected chi connectivity index (χ1v) is 6.50. The van der Waals surface area contributed by atoms with Crippen molar-refractivity contribution in [3.8, 4) is 5.75 Å². The number of hydrogen-bond donors (Lipinski definition) is 2. The molecule has 2 rings (SSSR count). The molecule has 1 aromatic heterocycles. The van der Waals surface area contributed by atoms with Gasteiger partial charge >= 0.3 is 0 Å². The molecule has 1 aromatic carbocycles. The van der Waals surface area contributed by atoms with E-state index in [1.165, 1.54) is 5.56 Å². The fraction of sp³-hybridized carbons (Fsp3) is 0.333. The van der Waals surface area contributed by atoms with Crippen molar-refractivity contribution in [2.45, 2.75) is 19.8 Å². The molecule has 0 spiro atoms. The third-order valence-corrected chi connectivity index (χ3v) is 3.32. The van der Waals surface area contributed by atoms with Crippen LogP contribution in [0.1, 0.15) is 18.9 Å². The molecular weight excluding hydrogens is 238 g/mol. The summed E-state index contributed by atoms with van der Waals surface area (Å²) in [7, 11) is 1.67. The van der Waals surface area contributed by atoms with Gasteiger partial charge in [-0.25, -0.2) is 0 Å². The molecule has 0 aliphatic carbocycles. The Labute approximate surface area is 113 Å². The zero-order valence-electron chi connectivity index (χ0n) is 11.6. The summed E-state index contributed by atoms with van der Waals surface area (Å²) in [5, 5.41) is 4.45. The molecule has 0 atom stereocenters. The minimum absolute atomic E-state index is 0.853. The zero-order valence-corrected chi connectivity index (χ0v) is 11.6. The minimum atomic E-state index is 0.853. The molecule has 1 heterocycles. The normalized spacial score (nSPS) is 10.6. The Balaban J connectivity index is 2.20. The summed E-state index contributed by atoms with van der Waals surface area (Å²) >= 11 is 0. The van der Waals surface area contributed by atoms with E-state index < -0.39 is 0 Å². The number of ether oxygens (including phenoxy) is 1. The minimum Gasteiger partial charge on any atom is -0.497 e. The Morgan fingerprint density at radius 2 is 2.26 bits per heavy atom. The molecule has 0 radical (unpaired) electrons. The van der Waals surface area contributed by atoms with Gasteiger partial charge in [0.2, 0.25) is 0 Å². The van der Waals surface area contributed by atoms with Crippen molar-refractivity contribution in [1.29, 1.82) is 0 Å². The lowest BCUT2D eigenvalue weighted by Gasteiger charge is -2.06. The molecule has 0 amide bonds. The highest BCUT2D eigenvalue weighted by Gasteiger charge is 2.08. The van der Waals surface area contributed by atoms with Crippen LogP contribution in [0.3, 0.4) is 0 Å². The summed E-state index contributed by atoms with van der Waals surface area (Å²) in [6.07, 6.45) is 3.83. The number of nitrogen functional groups attached to an aromatic ring is 1. The van der Waals surface area contributed by atoms with Crippen molar-refractivity contribution in [3.63, 3.8) is 0 Å². The number of rotatable bonds is 6. The van der Waals surface area contributed by atoms with Crippen molar-refractivity contribution in [2.24, 2.45) is 0 Å². The SMILES string of the molecule is C=C(CC)NCCc1cn(N)c2ccc(OC)cc12. The fourth-order valence-electron chi connectivity index (χ4n) is 2.13. The molecule has 102 valence electrons. The molecule has 19 heavy (non-hydrogen) atoms. The van der Waals surface area contributed by atoms with Crippen LogP contribution in [0.25, 0.3) is 10.9 Å². The maximum Gasteiger partial charge on any atom is 0.119 e. The quantitative estimate of drug-likeness (QED) is 0.783. The average molecular weight is 259 g/mol. The highest BCUT2D eigenvalue weighted by Crippen LogP contribution is 2.25. The van der Waals surface area contributed by atoms with E-state index in [-0.39, 0.29) is 0 Å². The number of benzene rings is 1. The van der Waals surface area contributed by atoms with Crippen molar-refractivity contribution < 1.29 is 4.74 Å². The third kappa shape index (κ3) is 2.84. The van der Waals surface area contributed by atoms with Crippen LogP contribution in [-0.2, 0) is 6.42 Å². The lowest BCUT2D eigenvalue weighted by molar-refractivity contribution is 0.415. The highest BCUT2D eigenvalue weighted by molar-refractivity contribution is 5.85. The Morgan fingerprint density at radius 3 is 2.95 bits per heavy atom. The van der Waals surface area contributed by atoms with Gasteiger partial charge in [0.15, 0.2) is 0 Å². The van der Waals surface area contributed by atoms with Gasteiger partial charge in [0, 0.05) is 23.8 Å². The van der Waals surface area contributed by atoms with Crippen LogP contribution in [0.4, 0.5) is 0 Å². The largest absolute Gasteiger partial charge is 0.497 e. The van der Waals surface area contributed by atoms with Gasteiger partial charge in [0.25, 0.3) is 0 Å². The molecule has 0 fully saturated rings. The molecule has 0 saturated carbocycles. The van der Waals surface area contributed by atoms with Gasteiger partial charge in [-0.1, -0.05) is 13.5 Å². The van der Waals surface area contributed by atoms with E-state index in [0.29, 0.717) is 0 Å². The number of nitrogens with zero attached hydrogens (tertiary/aromatic N) is 1. The molecule has 0 bridgehead atoms. The number of allylic oxidation sites excluding steroid dienone is 1. The van der Waals surface area contributed by atoms with Crippen LogP contribution < -0.4 is 15.9 Å². The Morgan fingerprint density at radius 1 is 1.47 bits per heavy atom. The fourth-order valence-corrected chi connectivity index (χ4v) is 2.13. The summed E-state index contributed by atoms with van der Waals surface area (Å²) in [6.45, 7) is 6.89. The van der Waals surface area contributed by atoms with Gasteiger partial charge in [0.05, 0.1) is 12.6 Å². The van der Waals surface area contributed by atoms with Crippen molar-refractivity contribution in [3.05, 3.63) is 42.2 Å². The molecule has 3 N–H and O–H groups in total. The van der Waals surface area contributed by atoms with Crippen LogP contribution in [0.5, 0.6) is 5.75 Å². The van der Waals surface area contributed by atoms with Gasteiger partial charge in [0.1, 0.15) is 5.75 Å². The van der Waals surface area contributed by atoms with E-state index >= 15 is 0 Å². The van der Waals surface area contributed by atoms with Crippen LogP contribution >= 0.6 is 0 Å². The van der Waals surface area contributed by atoms with Crippen molar-refractivity contribution >= 4 is 10.9 Å². The summed E-state index contributed by atoms with van der Waals surface area (Å²) in [5.74, 6) is 6.82. The third-order valence-electron chi connectivity index (χ3n) is 3.32. The van der Waals surface area contributed by atoms with Crippen LogP contribution in [0.2, 0.25) is 0 Å². The molecular formula is C15H21N3O. The standard InChI is InChI=1S/C15H21N3O/c1-4-11(2)17-8-7-12-10-18(16)15-6-5-13(19-3)9-14(12)15/h5-6,9-10,17H,2,4,7-8,16H2,1,3H3. The van der Waals surface area contributed by atoms with Gasteiger partial charge in [-0.2, -0.15) is 0 Å². The van der Waals surface area contributed by atoms with E-state index in [4.69, 9.17) is 10.6 Å². The zero-order chi connectivity index (χ0) is 13.8. The molecule has 2 aromatic rings. The number of hydrogen-bond acceptors (Lipinski definition) is 3. The Hall–Kier alpha value is -2.10. The molecule has 0 saturated heterocycles. The van der Waals surface area contributed by atoms with Gasteiger partial charge in [-0.3, -0.25) is 4.68 Å². The second kappa shape index (κ2) is 5.69. The first-order valence-electron chi connectivity index (χ1n) is 6.50. The second-order valence-electron chi connectivity index (χ2n) is 4.58. The van der Waals surface area contributed by atoms with Gasteiger partial charge in [-0.15, -0.1) is 0 Å². The number of aromatic nitrogens is 1. The van der Waals surface area contributed by atoms with Crippen LogP contribution in [0, 0.1) is 0 Å². The number of methoxy groups -OCH3 is 1. The predicted octanol–water partition coefficient (Wildman–Crippen LogP) is 2.42. The maximum absolute atomic E-state index is 5.96. The summed E-state index contributed by atoms with van der Waals surface area (Å²) in [5.41, 5.74) is 3.30. The summed E-state index contributed by atoms with van der Waals surface area (Å²) in [6, 6.07) is 5.94. The summed E-state index contributed by atoms with van der Waals surface area (Å²) < 4.78 is 6.93. The topological polar surface area (TPSA) is 52.2 Å². The Bertz CT molecular complexity index is 586. The molecule has 4 nitrogen and oxygen atoms in total. The average Bonchev–Trinajstić information content (AvgIpc) is 2.74. The smallest absolute Gasteiger partial charge is 0.119 e. The van der Waals surface area contributed by atoms with Crippen LogP contribution in [0.15, 0.2) is 36.7 Å². The van der Waals surface area contributed by atoms with E-state index in [2.05, 4.69) is 18.8 Å². The van der Waals surface area contributed by atoms with Gasteiger partial charge < -0.3 is 15.9 Å². The molecule has 0 aliphatic rings. The first-order chi connectivity index (χ1) is 9.15. The van der Waals surface area contributed by atoms with E-state index in [9.17, 15) is 0 Å². The van der Waals surface area contributed by atoms with E-state index in [1.807, 2.05) is 24.4 Å². The number of fused-ring (bicyclic) bond motifs is 1. The predicted molar refractivity (Wildman–Crippen MR) is 79.8 cm³/mol. The monoisotopic (exact) mass is 259 g/mol. The highest BCUT2D eigenvalue weighted by atomic mass is 16.5. The Kier molecular flexibility index (Phi) is 4.00. The maximum atomic E-state index is 5.96. The van der Waals surface area contributed by atoms with E-state index in [1.54, 1.807) is 11.8 Å². The first kappa shape index (κ1) is 13.3. The lowest BCUT2D eigenvalue weighted by atomic mass is 10.1. The molecule has 0 unspecified atom stereocenters. The van der Waals surface area contributed by atoms with E-state index in [0.717, 1.165) is 41.7 Å². The van der Waals surface area contributed by atoms with Crippen LogP contribution in [-0.4, -0.2) is 18.3 Å².